The molecule has 3 aromatic rings. The van der Waals surface area contributed by atoms with Gasteiger partial charge >= 0.3 is 0 Å². The van der Waals surface area contributed by atoms with E-state index in [2.05, 4.69) is 21.3 Å². The third-order valence-electron chi connectivity index (χ3n) is 9.35. The molecule has 3 atom stereocenters. The summed E-state index contributed by atoms with van der Waals surface area (Å²) < 4.78 is 23.0. The SMILES string of the molecule is C[C@@H]1NC(=O)[C@H](Cc2ccccc2)NC(=O)[C@H](C)NC(=O)C2(CCN(C(=O)Cc3ccc4c(c3)OCO4)CC2)Oc2ccc(cc2)OCCNC1=O. The van der Waals surface area contributed by atoms with E-state index in [0.717, 1.165) is 11.1 Å². The average molecular weight is 714 g/mol. The van der Waals surface area contributed by atoms with Crippen LogP contribution in [0, 0.1) is 0 Å². The minimum atomic E-state index is -1.41. The molecule has 1 fully saturated rings. The zero-order chi connectivity index (χ0) is 36.7. The Labute approximate surface area is 301 Å². The fourth-order valence-corrected chi connectivity index (χ4v) is 6.28. The van der Waals surface area contributed by atoms with E-state index in [4.69, 9.17) is 18.9 Å². The molecule has 0 aliphatic carbocycles. The van der Waals surface area contributed by atoms with Crippen molar-refractivity contribution in [2.24, 2.45) is 0 Å². The van der Waals surface area contributed by atoms with Crippen molar-refractivity contribution in [2.45, 2.75) is 63.3 Å². The van der Waals surface area contributed by atoms with Crippen molar-refractivity contribution < 1.29 is 42.9 Å². The average Bonchev–Trinajstić information content (AvgIpc) is 3.62. The van der Waals surface area contributed by atoms with Crippen molar-refractivity contribution in [1.82, 2.24) is 26.2 Å². The van der Waals surface area contributed by atoms with Crippen LogP contribution in [0.3, 0.4) is 0 Å². The monoisotopic (exact) mass is 713 g/mol. The summed E-state index contributed by atoms with van der Waals surface area (Å²) in [6, 6.07) is 18.3. The molecule has 2 bridgehead atoms. The second-order valence-electron chi connectivity index (χ2n) is 13.1. The molecule has 0 saturated carbocycles. The third-order valence-corrected chi connectivity index (χ3v) is 9.35. The zero-order valence-corrected chi connectivity index (χ0v) is 29.1. The highest BCUT2D eigenvalue weighted by molar-refractivity contribution is 5.95. The van der Waals surface area contributed by atoms with Gasteiger partial charge in [-0.3, -0.25) is 24.0 Å². The Morgan fingerprint density at radius 2 is 1.44 bits per heavy atom. The van der Waals surface area contributed by atoms with Gasteiger partial charge in [-0.15, -0.1) is 0 Å². The standard InChI is InChI=1S/C38H43N5O9/c1-24-34(45)39-16-19-49-28-9-11-29(12-10-28)52-38(14-17-43(18-15-38)33(44)22-27-8-13-31-32(21-27)51-23-50-31)37(48)41-25(2)35(46)42-30(36(47)40-24)20-26-6-4-3-5-7-26/h3-13,21,24-25,30H,14-20,22-23H2,1-2H3,(H,39,45)(H,40,47)(H,41,48)(H,42,46)/t24-,25-,30-/m0/s1. The number of nitrogens with zero attached hydrogens (tertiary/aromatic N) is 1. The van der Waals surface area contributed by atoms with Crippen molar-refractivity contribution in [2.75, 3.05) is 33.0 Å². The van der Waals surface area contributed by atoms with E-state index in [1.54, 1.807) is 48.2 Å². The van der Waals surface area contributed by atoms with Crippen LogP contribution in [0.2, 0.25) is 0 Å². The smallest absolute Gasteiger partial charge is 0.264 e. The van der Waals surface area contributed by atoms with Crippen molar-refractivity contribution in [3.8, 4) is 23.0 Å². The molecule has 52 heavy (non-hydrogen) atoms. The number of carbonyl (C=O) groups is 5. The van der Waals surface area contributed by atoms with Gasteiger partial charge in [0, 0.05) is 32.4 Å². The van der Waals surface area contributed by atoms with Gasteiger partial charge in [0.25, 0.3) is 5.91 Å². The molecule has 4 aliphatic rings. The van der Waals surface area contributed by atoms with Crippen LogP contribution < -0.4 is 40.2 Å². The Bertz CT molecular complexity index is 1780. The van der Waals surface area contributed by atoms with Gasteiger partial charge in [-0.1, -0.05) is 36.4 Å². The molecule has 14 nitrogen and oxygen atoms in total. The zero-order valence-electron chi connectivity index (χ0n) is 29.1. The molecule has 0 radical (unpaired) electrons. The second-order valence-corrected chi connectivity index (χ2v) is 13.1. The first-order valence-electron chi connectivity index (χ1n) is 17.4. The van der Waals surface area contributed by atoms with Crippen molar-refractivity contribution in [1.29, 1.82) is 0 Å². The van der Waals surface area contributed by atoms with Crippen LogP contribution in [0.5, 0.6) is 23.0 Å². The fourth-order valence-electron chi connectivity index (χ4n) is 6.28. The molecule has 0 aromatic heterocycles. The van der Waals surface area contributed by atoms with Crippen LogP contribution in [0.4, 0.5) is 0 Å². The maximum Gasteiger partial charge on any atom is 0.264 e. The lowest BCUT2D eigenvalue weighted by molar-refractivity contribution is -0.147. The lowest BCUT2D eigenvalue weighted by atomic mass is 9.89. The molecule has 3 aromatic carbocycles. The molecule has 7 rings (SSSR count). The van der Waals surface area contributed by atoms with E-state index in [1.165, 1.54) is 6.92 Å². The number of fused-ring (bicyclic) bond motifs is 16. The van der Waals surface area contributed by atoms with Crippen molar-refractivity contribution in [3.63, 3.8) is 0 Å². The molecule has 4 N–H and O–H groups in total. The summed E-state index contributed by atoms with van der Waals surface area (Å²) in [5, 5.41) is 11.0. The summed E-state index contributed by atoms with van der Waals surface area (Å²) in [7, 11) is 0. The Morgan fingerprint density at radius 1 is 0.750 bits per heavy atom. The Balaban J connectivity index is 1.20. The van der Waals surface area contributed by atoms with E-state index in [-0.39, 0.29) is 64.6 Å². The van der Waals surface area contributed by atoms with Gasteiger partial charge in [0.05, 0.1) is 13.0 Å². The van der Waals surface area contributed by atoms with Gasteiger partial charge < -0.3 is 45.1 Å². The number of carbonyl (C=O) groups excluding carboxylic acids is 5. The quantitative estimate of drug-likeness (QED) is 0.293. The van der Waals surface area contributed by atoms with Gasteiger partial charge in [0.15, 0.2) is 17.1 Å². The molecular formula is C38H43N5O9. The highest BCUT2D eigenvalue weighted by Gasteiger charge is 2.45. The summed E-state index contributed by atoms with van der Waals surface area (Å²) in [5.41, 5.74) is 0.166. The second kappa shape index (κ2) is 16.0. The van der Waals surface area contributed by atoms with E-state index < -0.39 is 47.4 Å². The third kappa shape index (κ3) is 8.74. The summed E-state index contributed by atoms with van der Waals surface area (Å²) in [6.07, 6.45) is 0.624. The topological polar surface area (TPSA) is 174 Å². The van der Waals surface area contributed by atoms with Gasteiger partial charge in [-0.05, 0) is 61.4 Å². The first-order valence-corrected chi connectivity index (χ1v) is 17.4. The summed E-state index contributed by atoms with van der Waals surface area (Å²) in [5.74, 6) is -0.0389. The number of rotatable bonds is 4. The molecule has 5 amide bonds. The first-order chi connectivity index (χ1) is 25.1. The van der Waals surface area contributed by atoms with Crippen LogP contribution in [0.1, 0.15) is 37.8 Å². The van der Waals surface area contributed by atoms with Crippen LogP contribution in [-0.4, -0.2) is 91.2 Å². The number of hydrogen-bond acceptors (Lipinski definition) is 9. The van der Waals surface area contributed by atoms with Crippen LogP contribution in [-0.2, 0) is 36.8 Å². The fraction of sp³-hybridized carbons (Fsp3) is 0.395. The molecule has 14 heteroatoms. The molecule has 0 unspecified atom stereocenters. The van der Waals surface area contributed by atoms with Gasteiger partial charge in [-0.2, -0.15) is 0 Å². The maximum absolute atomic E-state index is 14.1. The normalized spacial score (nSPS) is 22.3. The van der Waals surface area contributed by atoms with Gasteiger partial charge in [-0.25, -0.2) is 0 Å². The number of likely N-dealkylation sites (tertiary alicyclic amines) is 1. The minimum absolute atomic E-state index is 0.108. The molecule has 4 aliphatic heterocycles. The molecule has 1 saturated heterocycles. The number of piperidine rings is 1. The largest absolute Gasteiger partial charge is 0.492 e. The lowest BCUT2D eigenvalue weighted by Gasteiger charge is -2.41. The summed E-state index contributed by atoms with van der Waals surface area (Å²) in [4.78, 5) is 68.9. The Morgan fingerprint density at radius 3 is 2.19 bits per heavy atom. The molecule has 274 valence electrons. The minimum Gasteiger partial charge on any atom is -0.492 e. The van der Waals surface area contributed by atoms with E-state index in [9.17, 15) is 24.0 Å². The van der Waals surface area contributed by atoms with E-state index in [1.807, 2.05) is 36.4 Å². The van der Waals surface area contributed by atoms with E-state index in [0.29, 0.717) is 23.0 Å². The highest BCUT2D eigenvalue weighted by Crippen LogP contribution is 2.34. The first kappa shape index (κ1) is 36.0. The molecule has 4 heterocycles. The van der Waals surface area contributed by atoms with E-state index >= 15 is 0 Å². The molecular weight excluding hydrogens is 670 g/mol. The lowest BCUT2D eigenvalue weighted by Crippen LogP contribution is -2.61. The van der Waals surface area contributed by atoms with Crippen molar-refractivity contribution >= 4 is 29.5 Å². The number of benzene rings is 3. The summed E-state index contributed by atoms with van der Waals surface area (Å²) >= 11 is 0. The Hall–Kier alpha value is -5.79. The predicted molar refractivity (Wildman–Crippen MR) is 188 cm³/mol. The van der Waals surface area contributed by atoms with Crippen LogP contribution in [0.15, 0.2) is 72.8 Å². The number of amides is 5. The van der Waals surface area contributed by atoms with Gasteiger partial charge in [0.2, 0.25) is 30.4 Å². The van der Waals surface area contributed by atoms with Crippen molar-refractivity contribution in [3.05, 3.63) is 83.9 Å². The maximum atomic E-state index is 14.1. The number of hydrogen-bond donors (Lipinski definition) is 4. The highest BCUT2D eigenvalue weighted by atomic mass is 16.7. The van der Waals surface area contributed by atoms with Gasteiger partial charge in [0.1, 0.15) is 36.2 Å². The predicted octanol–water partition coefficient (Wildman–Crippen LogP) is 1.64. The number of nitrogens with one attached hydrogen (secondary N) is 4. The summed E-state index contributed by atoms with van der Waals surface area (Å²) in [6.45, 7) is 4.05. The molecule has 1 spiro atoms. The number of ether oxygens (including phenoxy) is 4. The van der Waals surface area contributed by atoms with Crippen LogP contribution >= 0.6 is 0 Å². The Kier molecular flexibility index (Phi) is 11.1. The van der Waals surface area contributed by atoms with Crippen LogP contribution in [0.25, 0.3) is 0 Å².